The smallest absolute Gasteiger partial charge is 0.313 e. The van der Waals surface area contributed by atoms with Crippen LogP contribution in [0.25, 0.3) is 0 Å². The summed E-state index contributed by atoms with van der Waals surface area (Å²) in [5.74, 6) is -0.656. The highest BCUT2D eigenvalue weighted by Gasteiger charge is 2.15. The van der Waals surface area contributed by atoms with Crippen molar-refractivity contribution in [3.8, 4) is 0 Å². The minimum absolute atomic E-state index is 0.0833. The summed E-state index contributed by atoms with van der Waals surface area (Å²) in [5.41, 5.74) is 4.00. The third-order valence-corrected chi connectivity index (χ3v) is 3.80. The van der Waals surface area contributed by atoms with Crippen LogP contribution >= 0.6 is 12.6 Å². The van der Waals surface area contributed by atoms with E-state index in [0.717, 1.165) is 0 Å². The van der Waals surface area contributed by atoms with Gasteiger partial charge in [-0.25, -0.2) is 0 Å². The largest absolute Gasteiger partial charge is 0.481 e. The summed E-state index contributed by atoms with van der Waals surface area (Å²) in [7, 11) is 0. The van der Waals surface area contributed by atoms with E-state index in [2.05, 4.69) is 104 Å². The number of carbonyl (C=O) groups is 1. The van der Waals surface area contributed by atoms with Crippen LogP contribution in [0.15, 0.2) is 91.0 Å². The van der Waals surface area contributed by atoms with Gasteiger partial charge in [-0.15, -0.1) is 0 Å². The van der Waals surface area contributed by atoms with Crippen molar-refractivity contribution < 1.29 is 9.90 Å². The van der Waals surface area contributed by atoms with Crippen molar-refractivity contribution in [3.63, 3.8) is 0 Å². The van der Waals surface area contributed by atoms with Gasteiger partial charge in [0.2, 0.25) is 0 Å². The molecule has 0 amide bonds. The van der Waals surface area contributed by atoms with Crippen LogP contribution in [-0.2, 0) is 4.79 Å². The number of rotatable bonds is 4. The van der Waals surface area contributed by atoms with Gasteiger partial charge in [0, 0.05) is 5.92 Å². The van der Waals surface area contributed by atoms with Gasteiger partial charge in [0.25, 0.3) is 0 Å². The molecule has 0 saturated heterocycles. The first-order valence-electron chi connectivity index (χ1n) is 7.70. The van der Waals surface area contributed by atoms with Crippen molar-refractivity contribution in [2.75, 3.05) is 5.75 Å². The van der Waals surface area contributed by atoms with Gasteiger partial charge in [0.1, 0.15) is 0 Å². The van der Waals surface area contributed by atoms with E-state index in [1.165, 1.54) is 16.7 Å². The van der Waals surface area contributed by atoms with Crippen molar-refractivity contribution in [2.24, 2.45) is 0 Å². The molecule has 1 N–H and O–H groups in total. The Kier molecular flexibility index (Phi) is 7.12. The van der Waals surface area contributed by atoms with E-state index in [1.807, 2.05) is 0 Å². The lowest BCUT2D eigenvalue weighted by molar-refractivity contribution is -0.133. The van der Waals surface area contributed by atoms with Crippen LogP contribution in [0.3, 0.4) is 0 Å². The highest BCUT2D eigenvalue weighted by molar-refractivity contribution is 7.81. The summed E-state index contributed by atoms with van der Waals surface area (Å²) in [6.45, 7) is 0. The van der Waals surface area contributed by atoms with E-state index >= 15 is 0 Å². The average Bonchev–Trinajstić information content (AvgIpc) is 2.65. The number of carboxylic acids is 1. The van der Waals surface area contributed by atoms with Crippen LogP contribution in [0, 0.1) is 0 Å². The molecule has 0 aliphatic carbocycles. The zero-order valence-corrected chi connectivity index (χ0v) is 14.1. The molecule has 3 aromatic rings. The van der Waals surface area contributed by atoms with Crippen LogP contribution in [0.1, 0.15) is 22.6 Å². The predicted octanol–water partition coefficient (Wildman–Crippen LogP) is 4.87. The maximum Gasteiger partial charge on any atom is 0.313 e. The van der Waals surface area contributed by atoms with Crippen molar-refractivity contribution in [1.82, 2.24) is 0 Å². The molecule has 0 aliphatic heterocycles. The second-order valence-corrected chi connectivity index (χ2v) is 5.53. The van der Waals surface area contributed by atoms with E-state index in [-0.39, 0.29) is 5.75 Å². The zero-order valence-electron chi connectivity index (χ0n) is 13.2. The normalized spacial score (nSPS) is 9.92. The van der Waals surface area contributed by atoms with E-state index in [0.29, 0.717) is 5.92 Å². The molecule has 0 aromatic heterocycles. The summed E-state index contributed by atoms with van der Waals surface area (Å²) in [6.07, 6.45) is 0. The second kappa shape index (κ2) is 9.58. The molecule has 0 fully saturated rings. The van der Waals surface area contributed by atoms with E-state index in [4.69, 9.17) is 5.11 Å². The summed E-state index contributed by atoms with van der Waals surface area (Å²) >= 11 is 3.42. The number of hydrogen-bond acceptors (Lipinski definition) is 2. The van der Waals surface area contributed by atoms with Crippen molar-refractivity contribution in [1.29, 1.82) is 0 Å². The lowest BCUT2D eigenvalue weighted by atomic mass is 9.85. The van der Waals surface area contributed by atoms with Gasteiger partial charge in [-0.2, -0.15) is 12.6 Å². The van der Waals surface area contributed by atoms with Gasteiger partial charge in [-0.1, -0.05) is 91.0 Å². The molecule has 122 valence electrons. The first-order chi connectivity index (χ1) is 11.7. The SMILES string of the molecule is O=C(O)CS.c1ccc(C(c2ccccc2)c2ccccc2)cc1. The molecule has 3 rings (SSSR count). The predicted molar refractivity (Wildman–Crippen MR) is 102 cm³/mol. The van der Waals surface area contributed by atoms with E-state index < -0.39 is 5.97 Å². The standard InChI is InChI=1S/C19H16.C2H4O2S/c1-4-10-16(11-5-1)19(17-12-6-2-7-13-17)18-14-8-3-9-15-18;3-2(4)1-5/h1-15,19H;5H,1H2,(H,3,4). The number of hydrogen-bond donors (Lipinski definition) is 2. The van der Waals surface area contributed by atoms with Crippen LogP contribution in [-0.4, -0.2) is 16.8 Å². The maximum absolute atomic E-state index is 9.29. The molecule has 0 spiro atoms. The fourth-order valence-corrected chi connectivity index (χ4v) is 2.51. The fraction of sp³-hybridized carbons (Fsp3) is 0.0952. The summed E-state index contributed by atoms with van der Waals surface area (Å²) in [5, 5.41) is 7.65. The zero-order chi connectivity index (χ0) is 17.2. The third kappa shape index (κ3) is 5.28. The Bertz CT molecular complexity index is 634. The first kappa shape index (κ1) is 17.8. The Morgan fingerprint density at radius 2 is 0.958 bits per heavy atom. The van der Waals surface area contributed by atoms with Gasteiger partial charge in [-0.05, 0) is 16.7 Å². The highest BCUT2D eigenvalue weighted by Crippen LogP contribution is 2.31. The van der Waals surface area contributed by atoms with Crippen molar-refractivity contribution in [2.45, 2.75) is 5.92 Å². The lowest BCUT2D eigenvalue weighted by Gasteiger charge is -2.18. The summed E-state index contributed by atoms with van der Waals surface area (Å²) in [6, 6.07) is 32.0. The monoisotopic (exact) mass is 336 g/mol. The van der Waals surface area contributed by atoms with Gasteiger partial charge >= 0.3 is 5.97 Å². The Labute approximate surface area is 148 Å². The van der Waals surface area contributed by atoms with Gasteiger partial charge in [-0.3, -0.25) is 4.79 Å². The highest BCUT2D eigenvalue weighted by atomic mass is 32.1. The first-order valence-corrected chi connectivity index (χ1v) is 8.33. The average molecular weight is 336 g/mol. The molecule has 24 heavy (non-hydrogen) atoms. The molecule has 3 aromatic carbocycles. The van der Waals surface area contributed by atoms with Crippen molar-refractivity contribution >= 4 is 18.6 Å². The van der Waals surface area contributed by atoms with E-state index in [9.17, 15) is 4.79 Å². The molecule has 0 saturated carbocycles. The topological polar surface area (TPSA) is 37.3 Å². The summed E-state index contributed by atoms with van der Waals surface area (Å²) in [4.78, 5) is 9.29. The number of benzene rings is 3. The van der Waals surface area contributed by atoms with Gasteiger partial charge < -0.3 is 5.11 Å². The minimum Gasteiger partial charge on any atom is -0.481 e. The van der Waals surface area contributed by atoms with Crippen molar-refractivity contribution in [3.05, 3.63) is 108 Å². The number of thiol groups is 1. The second-order valence-electron chi connectivity index (χ2n) is 5.22. The molecule has 0 atom stereocenters. The quantitative estimate of drug-likeness (QED) is 0.527. The lowest BCUT2D eigenvalue weighted by Crippen LogP contribution is -2.02. The molecular formula is C21H20O2S. The van der Waals surface area contributed by atoms with Crippen LogP contribution in [0.2, 0.25) is 0 Å². The number of aliphatic carboxylic acids is 1. The summed E-state index contributed by atoms with van der Waals surface area (Å²) < 4.78 is 0. The number of carboxylic acid groups (broad SMARTS) is 1. The van der Waals surface area contributed by atoms with Gasteiger partial charge in [0.05, 0.1) is 5.75 Å². The molecule has 0 heterocycles. The molecule has 0 bridgehead atoms. The Morgan fingerprint density at radius 3 is 1.17 bits per heavy atom. The van der Waals surface area contributed by atoms with Gasteiger partial charge in [0.15, 0.2) is 0 Å². The van der Waals surface area contributed by atoms with E-state index in [1.54, 1.807) is 0 Å². The molecule has 0 aliphatic rings. The molecule has 0 unspecified atom stereocenters. The Balaban J connectivity index is 0.000000368. The third-order valence-electron chi connectivity index (χ3n) is 3.53. The minimum atomic E-state index is -0.881. The Hall–Kier alpha value is -2.52. The molecule has 2 nitrogen and oxygen atoms in total. The molecule has 3 heteroatoms. The molecule has 0 radical (unpaired) electrons. The van der Waals surface area contributed by atoms with Crippen LogP contribution in [0.5, 0.6) is 0 Å². The molecular weight excluding hydrogens is 316 g/mol. The van der Waals surface area contributed by atoms with Crippen LogP contribution < -0.4 is 0 Å². The fourth-order valence-electron chi connectivity index (χ4n) is 2.51. The van der Waals surface area contributed by atoms with Crippen LogP contribution in [0.4, 0.5) is 0 Å². The Morgan fingerprint density at radius 1 is 0.708 bits per heavy atom. The maximum atomic E-state index is 9.29.